The van der Waals surface area contributed by atoms with Gasteiger partial charge in [-0.05, 0) is 44.0 Å². The Kier molecular flexibility index (Phi) is 4.37. The number of halogens is 1. The van der Waals surface area contributed by atoms with Crippen LogP contribution >= 0.6 is 11.6 Å². The first-order chi connectivity index (χ1) is 11.4. The maximum absolute atomic E-state index is 13.2. The lowest BCUT2D eigenvalue weighted by Gasteiger charge is -2.41. The molecule has 2 aromatic rings. The largest absolute Gasteiger partial charge is 0.477 e. The van der Waals surface area contributed by atoms with Gasteiger partial charge in [-0.3, -0.25) is 9.69 Å². The molecule has 0 saturated carbocycles. The maximum atomic E-state index is 13.2. The Labute approximate surface area is 147 Å². The molecule has 24 heavy (non-hydrogen) atoms. The lowest BCUT2D eigenvalue weighted by molar-refractivity contribution is -0.139. The first-order valence-electron chi connectivity index (χ1n) is 7.88. The normalized spacial score (nSPS) is 15.5. The average Bonchev–Trinajstić information content (AvgIpc) is 2.55. The summed E-state index contributed by atoms with van der Waals surface area (Å²) in [5.74, 6) is 0.624. The van der Waals surface area contributed by atoms with E-state index in [9.17, 15) is 4.79 Å². The molecular formula is C20H20ClNO2. The topological polar surface area (TPSA) is 29.5 Å². The van der Waals surface area contributed by atoms with Crippen molar-refractivity contribution in [3.63, 3.8) is 0 Å². The second-order valence-corrected chi connectivity index (χ2v) is 6.81. The number of benzene rings is 2. The van der Waals surface area contributed by atoms with Gasteiger partial charge in [0.15, 0.2) is 6.73 Å². The van der Waals surface area contributed by atoms with E-state index in [4.69, 9.17) is 16.3 Å². The van der Waals surface area contributed by atoms with E-state index < -0.39 is 5.54 Å². The molecule has 0 unspecified atom stereocenters. The van der Waals surface area contributed by atoms with Crippen LogP contribution in [0.15, 0.2) is 60.4 Å². The van der Waals surface area contributed by atoms with Crippen molar-refractivity contribution in [3.8, 4) is 0 Å². The van der Waals surface area contributed by atoms with Crippen molar-refractivity contribution in [2.45, 2.75) is 26.3 Å². The Bertz CT molecular complexity index is 796. The Hall–Kier alpha value is -2.26. The SMILES string of the molecule is CC1=C(c2ccccc2)C(=O)N(C(C)(C)c2cccc(Cl)c2)CO1. The number of allylic oxidation sites excluding steroid dienone is 1. The Morgan fingerprint density at radius 3 is 2.46 bits per heavy atom. The van der Waals surface area contributed by atoms with Crippen LogP contribution in [0.1, 0.15) is 31.9 Å². The summed E-state index contributed by atoms with van der Waals surface area (Å²) in [4.78, 5) is 14.9. The molecule has 0 aromatic heterocycles. The fourth-order valence-corrected chi connectivity index (χ4v) is 3.14. The van der Waals surface area contributed by atoms with Gasteiger partial charge in [0, 0.05) is 5.02 Å². The molecule has 1 aliphatic rings. The predicted molar refractivity (Wildman–Crippen MR) is 96.3 cm³/mol. The molecule has 4 heteroatoms. The monoisotopic (exact) mass is 341 g/mol. The molecule has 0 N–H and O–H groups in total. The molecule has 0 radical (unpaired) electrons. The first kappa shape index (κ1) is 16.6. The van der Waals surface area contributed by atoms with E-state index >= 15 is 0 Å². The number of nitrogens with zero attached hydrogens (tertiary/aromatic N) is 1. The van der Waals surface area contributed by atoms with Crippen LogP contribution in [0.5, 0.6) is 0 Å². The zero-order valence-electron chi connectivity index (χ0n) is 14.0. The van der Waals surface area contributed by atoms with Gasteiger partial charge < -0.3 is 4.74 Å². The quantitative estimate of drug-likeness (QED) is 0.800. The van der Waals surface area contributed by atoms with E-state index in [2.05, 4.69) is 0 Å². The smallest absolute Gasteiger partial charge is 0.261 e. The molecular weight excluding hydrogens is 322 g/mol. The van der Waals surface area contributed by atoms with Gasteiger partial charge >= 0.3 is 0 Å². The van der Waals surface area contributed by atoms with Gasteiger partial charge in [-0.15, -0.1) is 0 Å². The van der Waals surface area contributed by atoms with Gasteiger partial charge in [0.1, 0.15) is 5.76 Å². The summed E-state index contributed by atoms with van der Waals surface area (Å²) >= 11 is 6.13. The van der Waals surface area contributed by atoms with Gasteiger partial charge in [0.2, 0.25) is 0 Å². The van der Waals surface area contributed by atoms with Crippen molar-refractivity contribution in [2.24, 2.45) is 0 Å². The summed E-state index contributed by atoms with van der Waals surface area (Å²) in [7, 11) is 0. The van der Waals surface area contributed by atoms with E-state index in [1.165, 1.54) is 0 Å². The number of carbonyl (C=O) groups excluding carboxylic acids is 1. The summed E-state index contributed by atoms with van der Waals surface area (Å²) in [5, 5.41) is 0.654. The molecule has 0 fully saturated rings. The molecule has 0 aliphatic carbocycles. The zero-order valence-corrected chi connectivity index (χ0v) is 14.8. The molecule has 1 amide bonds. The van der Waals surface area contributed by atoms with Crippen molar-refractivity contribution in [1.82, 2.24) is 4.90 Å². The molecule has 1 heterocycles. The Morgan fingerprint density at radius 2 is 1.79 bits per heavy atom. The van der Waals surface area contributed by atoms with Crippen molar-refractivity contribution in [1.29, 1.82) is 0 Å². The third kappa shape index (κ3) is 2.92. The summed E-state index contributed by atoms with van der Waals surface area (Å²) in [6.07, 6.45) is 0. The number of amides is 1. The third-order valence-electron chi connectivity index (χ3n) is 4.49. The fourth-order valence-electron chi connectivity index (χ4n) is 2.95. The molecule has 1 aliphatic heterocycles. The van der Waals surface area contributed by atoms with Gasteiger partial charge in [-0.1, -0.05) is 54.1 Å². The second-order valence-electron chi connectivity index (χ2n) is 6.37. The molecule has 3 rings (SSSR count). The van der Waals surface area contributed by atoms with E-state index in [1.54, 1.807) is 4.90 Å². The van der Waals surface area contributed by atoms with Gasteiger partial charge in [0.05, 0.1) is 11.1 Å². The molecule has 3 nitrogen and oxygen atoms in total. The molecule has 0 bridgehead atoms. The van der Waals surface area contributed by atoms with Crippen LogP contribution in [-0.2, 0) is 15.1 Å². The second kappa shape index (κ2) is 6.33. The molecule has 2 aromatic carbocycles. The van der Waals surface area contributed by atoms with Crippen LogP contribution in [0.4, 0.5) is 0 Å². The van der Waals surface area contributed by atoms with E-state index in [0.717, 1.165) is 11.1 Å². The van der Waals surface area contributed by atoms with Crippen LogP contribution in [-0.4, -0.2) is 17.5 Å². The molecule has 0 atom stereocenters. The van der Waals surface area contributed by atoms with Crippen LogP contribution < -0.4 is 0 Å². The summed E-state index contributed by atoms with van der Waals surface area (Å²) < 4.78 is 5.82. The van der Waals surface area contributed by atoms with Crippen LogP contribution in [0.25, 0.3) is 5.57 Å². The zero-order chi connectivity index (χ0) is 17.3. The lowest BCUT2D eigenvalue weighted by Crippen LogP contribution is -2.49. The number of carbonyl (C=O) groups is 1. The first-order valence-corrected chi connectivity index (χ1v) is 8.26. The summed E-state index contributed by atoms with van der Waals surface area (Å²) in [6, 6.07) is 17.2. The number of rotatable bonds is 3. The summed E-state index contributed by atoms with van der Waals surface area (Å²) in [5.41, 5.74) is 1.91. The van der Waals surface area contributed by atoms with Crippen molar-refractivity contribution < 1.29 is 9.53 Å². The minimum Gasteiger partial charge on any atom is -0.477 e. The molecule has 0 spiro atoms. The van der Waals surface area contributed by atoms with E-state index in [-0.39, 0.29) is 12.6 Å². The highest BCUT2D eigenvalue weighted by molar-refractivity contribution is 6.30. The average molecular weight is 342 g/mol. The standard InChI is InChI=1S/C20H20ClNO2/c1-14-18(15-8-5-4-6-9-15)19(23)22(13-24-14)20(2,3)16-10-7-11-17(21)12-16/h4-12H,13H2,1-3H3. The van der Waals surface area contributed by atoms with Gasteiger partial charge in [0.25, 0.3) is 5.91 Å². The number of hydrogen-bond donors (Lipinski definition) is 0. The highest BCUT2D eigenvalue weighted by Crippen LogP contribution is 2.35. The number of ether oxygens (including phenoxy) is 1. The van der Waals surface area contributed by atoms with Crippen molar-refractivity contribution >= 4 is 23.1 Å². The van der Waals surface area contributed by atoms with E-state index in [0.29, 0.717) is 16.4 Å². The van der Waals surface area contributed by atoms with Crippen molar-refractivity contribution in [3.05, 3.63) is 76.5 Å². The van der Waals surface area contributed by atoms with Gasteiger partial charge in [-0.25, -0.2) is 0 Å². The summed E-state index contributed by atoms with van der Waals surface area (Å²) in [6.45, 7) is 6.07. The molecule has 124 valence electrons. The van der Waals surface area contributed by atoms with Gasteiger partial charge in [-0.2, -0.15) is 0 Å². The van der Waals surface area contributed by atoms with Crippen LogP contribution in [0, 0.1) is 0 Å². The third-order valence-corrected chi connectivity index (χ3v) is 4.72. The maximum Gasteiger partial charge on any atom is 0.261 e. The predicted octanol–water partition coefficient (Wildman–Crippen LogP) is 4.82. The fraction of sp³-hybridized carbons (Fsp3) is 0.250. The highest BCUT2D eigenvalue weighted by atomic mass is 35.5. The minimum absolute atomic E-state index is 0.0325. The Morgan fingerprint density at radius 1 is 1.08 bits per heavy atom. The Balaban J connectivity index is 2.00. The highest BCUT2D eigenvalue weighted by Gasteiger charge is 2.38. The van der Waals surface area contributed by atoms with E-state index in [1.807, 2.05) is 75.4 Å². The van der Waals surface area contributed by atoms with Crippen LogP contribution in [0.2, 0.25) is 5.02 Å². The van der Waals surface area contributed by atoms with Crippen molar-refractivity contribution in [2.75, 3.05) is 6.73 Å². The minimum atomic E-state index is -0.539. The van der Waals surface area contributed by atoms with Crippen LogP contribution in [0.3, 0.4) is 0 Å². The number of hydrogen-bond acceptors (Lipinski definition) is 2. The molecule has 0 saturated heterocycles. The lowest BCUT2D eigenvalue weighted by atomic mass is 9.90.